The lowest BCUT2D eigenvalue weighted by atomic mass is 10.1. The van der Waals surface area contributed by atoms with Crippen molar-refractivity contribution in [3.05, 3.63) is 65.2 Å². The van der Waals surface area contributed by atoms with Gasteiger partial charge in [0.15, 0.2) is 0 Å². The predicted octanol–water partition coefficient (Wildman–Crippen LogP) is 6.02. The van der Waals surface area contributed by atoms with Crippen LogP contribution in [0.25, 0.3) is 11.0 Å². The summed E-state index contributed by atoms with van der Waals surface area (Å²) in [6.45, 7) is 14.4. The van der Waals surface area contributed by atoms with Crippen molar-refractivity contribution in [3.63, 3.8) is 0 Å². The van der Waals surface area contributed by atoms with Crippen molar-refractivity contribution in [2.24, 2.45) is 11.8 Å². The smallest absolute Gasteiger partial charge is 0.254 e. The van der Waals surface area contributed by atoms with E-state index in [1.54, 1.807) is 17.0 Å². The van der Waals surface area contributed by atoms with Crippen LogP contribution in [0.2, 0.25) is 0 Å². The van der Waals surface area contributed by atoms with Crippen molar-refractivity contribution < 1.29 is 9.18 Å². The molecule has 1 aromatic heterocycles. The van der Waals surface area contributed by atoms with Crippen LogP contribution in [0.3, 0.4) is 0 Å². The van der Waals surface area contributed by atoms with Gasteiger partial charge in [-0.15, -0.1) is 0 Å². The maximum atomic E-state index is 13.8. The molecule has 0 aliphatic carbocycles. The summed E-state index contributed by atoms with van der Waals surface area (Å²) in [7, 11) is 0. The molecule has 0 saturated carbocycles. The van der Waals surface area contributed by atoms with Crippen LogP contribution in [0.1, 0.15) is 69.2 Å². The molecular weight excluding hydrogens is 427 g/mol. The van der Waals surface area contributed by atoms with E-state index in [0.717, 1.165) is 49.3 Å². The molecule has 5 nitrogen and oxygen atoms in total. The average molecular weight is 467 g/mol. The maximum Gasteiger partial charge on any atom is 0.254 e. The second kappa shape index (κ2) is 12.1. The normalized spacial score (nSPS) is 11.6. The number of aromatic nitrogens is 2. The van der Waals surface area contributed by atoms with E-state index in [1.807, 2.05) is 0 Å². The lowest BCUT2D eigenvalue weighted by Gasteiger charge is -2.25. The number of amides is 1. The molecule has 0 bridgehead atoms. The van der Waals surface area contributed by atoms with Gasteiger partial charge in [-0.25, -0.2) is 9.37 Å². The Morgan fingerprint density at radius 3 is 2.59 bits per heavy atom. The number of aryl methyl sites for hydroxylation is 1. The molecule has 0 aliphatic rings. The van der Waals surface area contributed by atoms with Gasteiger partial charge in [-0.3, -0.25) is 4.79 Å². The summed E-state index contributed by atoms with van der Waals surface area (Å²) in [6, 6.07) is 12.4. The van der Waals surface area contributed by atoms with Gasteiger partial charge in [0.05, 0.1) is 17.6 Å². The molecule has 0 atom stereocenters. The zero-order chi connectivity index (χ0) is 24.7. The molecule has 0 fully saturated rings. The number of hydrogen-bond donors (Lipinski definition) is 1. The van der Waals surface area contributed by atoms with Crippen LogP contribution in [0.5, 0.6) is 0 Å². The number of benzene rings is 2. The van der Waals surface area contributed by atoms with E-state index in [9.17, 15) is 9.18 Å². The quantitative estimate of drug-likeness (QED) is 0.332. The molecule has 0 saturated heterocycles. The van der Waals surface area contributed by atoms with Gasteiger partial charge < -0.3 is 14.8 Å². The van der Waals surface area contributed by atoms with Crippen molar-refractivity contribution >= 4 is 16.9 Å². The molecule has 0 radical (unpaired) electrons. The van der Waals surface area contributed by atoms with E-state index < -0.39 is 5.82 Å². The molecule has 0 aliphatic heterocycles. The van der Waals surface area contributed by atoms with E-state index in [1.165, 1.54) is 17.7 Å². The summed E-state index contributed by atoms with van der Waals surface area (Å²) in [4.78, 5) is 20.0. The fourth-order valence-corrected chi connectivity index (χ4v) is 4.19. The van der Waals surface area contributed by atoms with Crippen LogP contribution in [-0.4, -0.2) is 33.4 Å². The zero-order valence-corrected chi connectivity index (χ0v) is 21.3. The number of halogens is 1. The van der Waals surface area contributed by atoms with Crippen LogP contribution in [0.15, 0.2) is 42.5 Å². The number of imidazole rings is 1. The molecular formula is C28H39FN4O. The molecule has 3 rings (SSSR count). The van der Waals surface area contributed by atoms with E-state index in [4.69, 9.17) is 4.98 Å². The molecule has 2 aromatic carbocycles. The number of hydrogen-bond acceptors (Lipinski definition) is 3. The summed E-state index contributed by atoms with van der Waals surface area (Å²) in [6.07, 6.45) is 2.13. The number of nitrogens with zero attached hydrogens (tertiary/aromatic N) is 3. The van der Waals surface area contributed by atoms with Crippen molar-refractivity contribution in [1.29, 1.82) is 0 Å². The van der Waals surface area contributed by atoms with Crippen LogP contribution in [-0.2, 0) is 19.6 Å². The van der Waals surface area contributed by atoms with Crippen molar-refractivity contribution in [1.82, 2.24) is 19.8 Å². The second-order valence-corrected chi connectivity index (χ2v) is 9.95. The highest BCUT2D eigenvalue weighted by Crippen LogP contribution is 2.21. The molecule has 184 valence electrons. The van der Waals surface area contributed by atoms with Crippen molar-refractivity contribution in [2.75, 3.05) is 13.1 Å². The Balaban J connectivity index is 1.87. The van der Waals surface area contributed by atoms with Gasteiger partial charge in [0.1, 0.15) is 11.6 Å². The monoisotopic (exact) mass is 466 g/mol. The summed E-state index contributed by atoms with van der Waals surface area (Å²) in [5, 5.41) is 3.52. The fraction of sp³-hybridized carbons (Fsp3) is 0.500. The van der Waals surface area contributed by atoms with Crippen molar-refractivity contribution in [3.8, 4) is 0 Å². The Labute approximate surface area is 203 Å². The standard InChI is InChI=1S/C28H39FN4O/c1-6-14-33-26-11-10-22(17-30-13-12-20(2)3)15-25(26)31-27(33)19-32(18-21(4)5)28(34)23-8-7-9-24(29)16-23/h7-11,15-16,20-21,30H,6,12-14,17-19H2,1-5H3. The zero-order valence-electron chi connectivity index (χ0n) is 21.3. The molecule has 0 unspecified atom stereocenters. The summed E-state index contributed by atoms with van der Waals surface area (Å²) < 4.78 is 16.0. The number of fused-ring (bicyclic) bond motifs is 1. The third kappa shape index (κ3) is 6.89. The van der Waals surface area contributed by atoms with Crippen LogP contribution in [0.4, 0.5) is 4.39 Å². The Kier molecular flexibility index (Phi) is 9.22. The van der Waals surface area contributed by atoms with Crippen LogP contribution in [0, 0.1) is 17.7 Å². The molecule has 1 amide bonds. The van der Waals surface area contributed by atoms with E-state index in [-0.39, 0.29) is 11.8 Å². The maximum absolute atomic E-state index is 13.8. The van der Waals surface area contributed by atoms with Gasteiger partial charge in [-0.1, -0.05) is 46.8 Å². The lowest BCUT2D eigenvalue weighted by molar-refractivity contribution is 0.0715. The summed E-state index contributed by atoms with van der Waals surface area (Å²) in [5.41, 5.74) is 3.62. The van der Waals surface area contributed by atoms with E-state index in [0.29, 0.717) is 24.6 Å². The Morgan fingerprint density at radius 1 is 1.12 bits per heavy atom. The molecule has 1 N–H and O–H groups in total. The first kappa shape index (κ1) is 25.9. The highest BCUT2D eigenvalue weighted by Gasteiger charge is 2.21. The highest BCUT2D eigenvalue weighted by atomic mass is 19.1. The molecule has 1 heterocycles. The summed E-state index contributed by atoms with van der Waals surface area (Å²) in [5.74, 6) is 1.27. The second-order valence-electron chi connectivity index (χ2n) is 9.95. The van der Waals surface area contributed by atoms with Crippen LogP contribution >= 0.6 is 0 Å². The number of nitrogens with one attached hydrogen (secondary N) is 1. The van der Waals surface area contributed by atoms with Gasteiger partial charge in [0, 0.05) is 25.2 Å². The number of carbonyl (C=O) groups excluding carboxylic acids is 1. The van der Waals surface area contributed by atoms with Gasteiger partial charge in [-0.2, -0.15) is 0 Å². The molecule has 0 spiro atoms. The van der Waals surface area contributed by atoms with Gasteiger partial charge in [0.25, 0.3) is 5.91 Å². The predicted molar refractivity (Wildman–Crippen MR) is 137 cm³/mol. The third-order valence-corrected chi connectivity index (χ3v) is 5.84. The minimum Gasteiger partial charge on any atom is -0.331 e. The molecule has 6 heteroatoms. The van der Waals surface area contributed by atoms with Crippen LogP contribution < -0.4 is 5.32 Å². The highest BCUT2D eigenvalue weighted by molar-refractivity contribution is 5.94. The minimum atomic E-state index is -0.400. The van der Waals surface area contributed by atoms with Gasteiger partial charge in [-0.05, 0) is 67.1 Å². The minimum absolute atomic E-state index is 0.168. The molecule has 3 aromatic rings. The molecule has 34 heavy (non-hydrogen) atoms. The fourth-order valence-electron chi connectivity index (χ4n) is 4.19. The lowest BCUT2D eigenvalue weighted by Crippen LogP contribution is -2.34. The summed E-state index contributed by atoms with van der Waals surface area (Å²) >= 11 is 0. The SMILES string of the molecule is CCCn1c(CN(CC(C)C)C(=O)c2cccc(F)c2)nc2cc(CNCCC(C)C)ccc21. The first-order valence-corrected chi connectivity index (χ1v) is 12.5. The Morgan fingerprint density at radius 2 is 1.91 bits per heavy atom. The largest absolute Gasteiger partial charge is 0.331 e. The van der Waals surface area contributed by atoms with Gasteiger partial charge in [0.2, 0.25) is 0 Å². The third-order valence-electron chi connectivity index (χ3n) is 5.84. The van der Waals surface area contributed by atoms with Gasteiger partial charge >= 0.3 is 0 Å². The first-order chi connectivity index (χ1) is 16.3. The Hall–Kier alpha value is -2.73. The topological polar surface area (TPSA) is 50.2 Å². The van der Waals surface area contributed by atoms with E-state index in [2.05, 4.69) is 62.7 Å². The first-order valence-electron chi connectivity index (χ1n) is 12.5. The number of carbonyl (C=O) groups is 1. The van der Waals surface area contributed by atoms with Crippen molar-refractivity contribution in [2.45, 2.75) is 67.1 Å². The number of rotatable bonds is 12. The van der Waals surface area contributed by atoms with E-state index >= 15 is 0 Å². The average Bonchev–Trinajstić information content (AvgIpc) is 3.12. The Bertz CT molecular complexity index is 1090.